The number of nitrogens with zero attached hydrogens (tertiary/aromatic N) is 4. The van der Waals surface area contributed by atoms with Gasteiger partial charge in [-0.25, -0.2) is 19.4 Å². The zero-order valence-electron chi connectivity index (χ0n) is 26.3. The zero-order valence-corrected chi connectivity index (χ0v) is 26.3. The SMILES string of the molecule is COC(=O)C(C)=C1N(c2ccccc2)C(C(=O)OC)=C(C(=O)OC)C12N(c1ccccc1)N=C(c1ccccc1)N2c1ccccc1. The van der Waals surface area contributed by atoms with Gasteiger partial charge in [0, 0.05) is 16.9 Å². The van der Waals surface area contributed by atoms with Crippen LogP contribution in [0.5, 0.6) is 0 Å². The molecule has 0 fully saturated rings. The van der Waals surface area contributed by atoms with Crippen molar-refractivity contribution in [1.29, 1.82) is 0 Å². The van der Waals surface area contributed by atoms with Gasteiger partial charge >= 0.3 is 17.9 Å². The predicted octanol–water partition coefficient (Wildman–Crippen LogP) is 5.64. The molecule has 10 nitrogen and oxygen atoms in total. The molecule has 4 aromatic carbocycles. The molecule has 0 aromatic heterocycles. The summed E-state index contributed by atoms with van der Waals surface area (Å²) in [6.07, 6.45) is 0. The molecule has 1 unspecified atom stereocenters. The first-order valence-electron chi connectivity index (χ1n) is 14.8. The number of rotatable bonds is 7. The molecule has 0 saturated carbocycles. The van der Waals surface area contributed by atoms with Gasteiger partial charge in [-0.05, 0) is 43.3 Å². The molecule has 236 valence electrons. The van der Waals surface area contributed by atoms with Crippen LogP contribution in [0.1, 0.15) is 12.5 Å². The van der Waals surface area contributed by atoms with Gasteiger partial charge in [-0.2, -0.15) is 5.10 Å². The number of carbonyl (C=O) groups excluding carboxylic acids is 3. The fourth-order valence-electron chi connectivity index (χ4n) is 6.17. The van der Waals surface area contributed by atoms with Crippen molar-refractivity contribution < 1.29 is 28.6 Å². The summed E-state index contributed by atoms with van der Waals surface area (Å²) in [6, 6.07) is 37.0. The molecule has 1 atom stereocenters. The van der Waals surface area contributed by atoms with Gasteiger partial charge in [0.05, 0.1) is 38.3 Å². The van der Waals surface area contributed by atoms with Crippen molar-refractivity contribution in [2.45, 2.75) is 12.6 Å². The number of hydrogen-bond donors (Lipinski definition) is 0. The second kappa shape index (κ2) is 12.7. The Morgan fingerprint density at radius 1 is 0.617 bits per heavy atom. The van der Waals surface area contributed by atoms with E-state index in [1.807, 2.05) is 102 Å². The maximum absolute atomic E-state index is 14.4. The van der Waals surface area contributed by atoms with E-state index in [-0.39, 0.29) is 22.5 Å². The number of hydrazone groups is 1. The molecule has 0 amide bonds. The number of ether oxygens (including phenoxy) is 3. The lowest BCUT2D eigenvalue weighted by Crippen LogP contribution is -2.61. The maximum Gasteiger partial charge on any atom is 0.355 e. The second-order valence-corrected chi connectivity index (χ2v) is 10.6. The van der Waals surface area contributed by atoms with E-state index < -0.39 is 23.6 Å². The standard InChI is InChI=1S/C37H32N4O6/c1-25(34(42)45-2)32-37(30(35(43)46-3)31(36(44)47-4)39(32)27-19-11-6-12-20-27)40(28-21-13-7-14-22-28)33(26-17-9-5-10-18-26)38-41(37)29-23-15-8-16-24-29/h5-24H,1-4H3. The summed E-state index contributed by atoms with van der Waals surface area (Å²) in [4.78, 5) is 45.6. The molecule has 2 aliphatic rings. The number of para-hydroxylation sites is 3. The first-order valence-corrected chi connectivity index (χ1v) is 14.8. The second-order valence-electron chi connectivity index (χ2n) is 10.6. The van der Waals surface area contributed by atoms with Gasteiger partial charge in [-0.1, -0.05) is 84.9 Å². The van der Waals surface area contributed by atoms with Crippen molar-refractivity contribution in [1.82, 2.24) is 0 Å². The van der Waals surface area contributed by atoms with E-state index >= 15 is 0 Å². The first kappa shape index (κ1) is 30.8. The largest absolute Gasteiger partial charge is 0.466 e. The monoisotopic (exact) mass is 628 g/mol. The average molecular weight is 629 g/mol. The van der Waals surface area contributed by atoms with Crippen LogP contribution in [-0.4, -0.2) is 50.7 Å². The Kier molecular flexibility index (Phi) is 8.32. The molecule has 4 aromatic rings. The van der Waals surface area contributed by atoms with Crippen LogP contribution in [0.15, 0.2) is 149 Å². The Hall–Kier alpha value is -6.16. The Bertz CT molecular complexity index is 1910. The van der Waals surface area contributed by atoms with Crippen molar-refractivity contribution in [2.75, 3.05) is 36.1 Å². The zero-order chi connectivity index (χ0) is 33.1. The number of amidine groups is 1. The number of methoxy groups -OCH3 is 3. The van der Waals surface area contributed by atoms with Gasteiger partial charge in [0.15, 0.2) is 5.84 Å². The number of benzene rings is 4. The number of anilines is 3. The lowest BCUT2D eigenvalue weighted by Gasteiger charge is -2.44. The Balaban J connectivity index is 1.88. The van der Waals surface area contributed by atoms with Crippen LogP contribution in [-0.2, 0) is 28.6 Å². The van der Waals surface area contributed by atoms with Crippen LogP contribution in [0.3, 0.4) is 0 Å². The summed E-state index contributed by atoms with van der Waals surface area (Å²) in [5.41, 5.74) is 0.621. The smallest absolute Gasteiger partial charge is 0.355 e. The number of carbonyl (C=O) groups is 3. The third-order valence-corrected chi connectivity index (χ3v) is 8.08. The third kappa shape index (κ3) is 4.91. The van der Waals surface area contributed by atoms with Gasteiger partial charge in [0.1, 0.15) is 11.3 Å². The fourth-order valence-corrected chi connectivity index (χ4v) is 6.17. The highest BCUT2D eigenvalue weighted by atomic mass is 16.5. The minimum absolute atomic E-state index is 0.114. The normalized spacial score (nSPS) is 18.3. The van der Waals surface area contributed by atoms with E-state index in [1.165, 1.54) is 21.3 Å². The predicted molar refractivity (Wildman–Crippen MR) is 178 cm³/mol. The van der Waals surface area contributed by atoms with Crippen molar-refractivity contribution in [3.8, 4) is 0 Å². The Labute approximate surface area is 272 Å². The molecule has 0 saturated heterocycles. The van der Waals surface area contributed by atoms with E-state index in [0.717, 1.165) is 0 Å². The molecule has 6 rings (SSSR count). The highest BCUT2D eigenvalue weighted by Crippen LogP contribution is 2.56. The topological polar surface area (TPSA) is 101 Å². The molecule has 1 spiro atoms. The molecular weight excluding hydrogens is 596 g/mol. The van der Waals surface area contributed by atoms with Crippen molar-refractivity contribution in [3.05, 3.63) is 149 Å². The van der Waals surface area contributed by atoms with Crippen LogP contribution in [0, 0.1) is 0 Å². The Morgan fingerprint density at radius 3 is 1.62 bits per heavy atom. The summed E-state index contributed by atoms with van der Waals surface area (Å²) in [7, 11) is 3.76. The quantitative estimate of drug-likeness (QED) is 0.146. The third-order valence-electron chi connectivity index (χ3n) is 8.08. The van der Waals surface area contributed by atoms with Crippen LogP contribution in [0.4, 0.5) is 17.1 Å². The minimum atomic E-state index is -1.83. The van der Waals surface area contributed by atoms with E-state index in [9.17, 15) is 14.4 Å². The van der Waals surface area contributed by atoms with Crippen LogP contribution < -0.4 is 14.8 Å². The van der Waals surface area contributed by atoms with Crippen LogP contribution in [0.25, 0.3) is 0 Å². The summed E-state index contributed by atoms with van der Waals surface area (Å²) >= 11 is 0. The van der Waals surface area contributed by atoms with Crippen LogP contribution >= 0.6 is 0 Å². The molecule has 2 heterocycles. The summed E-state index contributed by atoms with van der Waals surface area (Å²) in [6.45, 7) is 1.60. The van der Waals surface area contributed by atoms with E-state index in [2.05, 4.69) is 0 Å². The van der Waals surface area contributed by atoms with Gasteiger partial charge in [-0.15, -0.1) is 0 Å². The number of hydrogen-bond acceptors (Lipinski definition) is 10. The van der Waals surface area contributed by atoms with Gasteiger partial charge in [0.25, 0.3) is 0 Å². The average Bonchev–Trinajstić information content (AvgIpc) is 3.65. The lowest BCUT2D eigenvalue weighted by molar-refractivity contribution is -0.139. The lowest BCUT2D eigenvalue weighted by atomic mass is 9.90. The first-order chi connectivity index (χ1) is 22.9. The molecule has 0 radical (unpaired) electrons. The molecule has 0 bridgehead atoms. The fraction of sp³-hybridized carbons (Fsp3) is 0.135. The van der Waals surface area contributed by atoms with Crippen molar-refractivity contribution in [3.63, 3.8) is 0 Å². The molecule has 2 aliphatic heterocycles. The van der Waals surface area contributed by atoms with Gasteiger partial charge in [0.2, 0.25) is 5.66 Å². The molecule has 47 heavy (non-hydrogen) atoms. The summed E-state index contributed by atoms with van der Waals surface area (Å²) in [5, 5.41) is 6.88. The highest BCUT2D eigenvalue weighted by molar-refractivity contribution is 6.20. The summed E-state index contributed by atoms with van der Waals surface area (Å²) < 4.78 is 16.1. The van der Waals surface area contributed by atoms with E-state index in [0.29, 0.717) is 28.5 Å². The molecule has 0 aliphatic carbocycles. The van der Waals surface area contributed by atoms with E-state index in [1.54, 1.807) is 41.1 Å². The summed E-state index contributed by atoms with van der Waals surface area (Å²) in [5.74, 6) is -1.89. The highest BCUT2D eigenvalue weighted by Gasteiger charge is 2.67. The minimum Gasteiger partial charge on any atom is -0.466 e. The van der Waals surface area contributed by atoms with Crippen LogP contribution in [0.2, 0.25) is 0 Å². The number of esters is 3. The van der Waals surface area contributed by atoms with Crippen molar-refractivity contribution >= 4 is 40.8 Å². The Morgan fingerprint density at radius 2 is 1.11 bits per heavy atom. The van der Waals surface area contributed by atoms with Crippen molar-refractivity contribution in [2.24, 2.45) is 5.10 Å². The maximum atomic E-state index is 14.4. The molecular formula is C37H32N4O6. The van der Waals surface area contributed by atoms with Gasteiger partial charge in [-0.3, -0.25) is 4.90 Å². The van der Waals surface area contributed by atoms with E-state index in [4.69, 9.17) is 19.3 Å². The van der Waals surface area contributed by atoms with Gasteiger partial charge < -0.3 is 19.1 Å². The molecule has 0 N–H and O–H groups in total. The molecule has 10 heteroatoms.